The van der Waals surface area contributed by atoms with Gasteiger partial charge < -0.3 is 10.0 Å². The molecule has 1 heterocycles. The number of piperidine rings is 1. The molecule has 0 radical (unpaired) electrons. The van der Waals surface area contributed by atoms with E-state index in [1.807, 2.05) is 6.92 Å². The highest BCUT2D eigenvalue weighted by Crippen LogP contribution is 2.36. The molecule has 3 heteroatoms. The standard InChI is InChI=1S/C12H23NO2/c1-9(2)8-12(4)7-5-6-10(3)13(12)11(14)15/h9-10H,5-8H2,1-4H3,(H,14,15). The van der Waals surface area contributed by atoms with Crippen LogP contribution in [-0.4, -0.2) is 27.7 Å². The van der Waals surface area contributed by atoms with E-state index in [0.29, 0.717) is 5.92 Å². The lowest BCUT2D eigenvalue weighted by Crippen LogP contribution is -2.56. The lowest BCUT2D eigenvalue weighted by molar-refractivity contribution is 0.0148. The fourth-order valence-electron chi connectivity index (χ4n) is 3.06. The van der Waals surface area contributed by atoms with Crippen LogP contribution in [0.5, 0.6) is 0 Å². The van der Waals surface area contributed by atoms with Crippen LogP contribution >= 0.6 is 0 Å². The Morgan fingerprint density at radius 3 is 2.67 bits per heavy atom. The highest BCUT2D eigenvalue weighted by Gasteiger charge is 2.41. The Labute approximate surface area is 92.5 Å². The zero-order valence-electron chi connectivity index (χ0n) is 10.3. The average Bonchev–Trinajstić information content (AvgIpc) is 1.99. The number of likely N-dealkylation sites (tertiary alicyclic amines) is 1. The Morgan fingerprint density at radius 2 is 2.20 bits per heavy atom. The first kappa shape index (κ1) is 12.3. The van der Waals surface area contributed by atoms with Crippen LogP contribution in [0.15, 0.2) is 0 Å². The maximum Gasteiger partial charge on any atom is 0.407 e. The van der Waals surface area contributed by atoms with E-state index >= 15 is 0 Å². The van der Waals surface area contributed by atoms with Gasteiger partial charge >= 0.3 is 6.09 Å². The van der Waals surface area contributed by atoms with E-state index in [1.54, 1.807) is 4.90 Å². The fourth-order valence-corrected chi connectivity index (χ4v) is 3.06. The molecule has 1 aliphatic heterocycles. The summed E-state index contributed by atoms with van der Waals surface area (Å²) in [4.78, 5) is 13.0. The first-order chi connectivity index (χ1) is 6.87. The zero-order chi connectivity index (χ0) is 11.6. The van der Waals surface area contributed by atoms with Crippen molar-refractivity contribution < 1.29 is 9.90 Å². The topological polar surface area (TPSA) is 40.5 Å². The fraction of sp³-hybridized carbons (Fsp3) is 0.917. The molecule has 0 aliphatic carbocycles. The third-order valence-electron chi connectivity index (χ3n) is 3.41. The largest absolute Gasteiger partial charge is 0.465 e. The number of nitrogens with zero attached hydrogens (tertiary/aromatic N) is 1. The van der Waals surface area contributed by atoms with Crippen molar-refractivity contribution in [3.8, 4) is 0 Å². The second kappa shape index (κ2) is 4.42. The molecule has 1 fully saturated rings. The first-order valence-electron chi connectivity index (χ1n) is 5.89. The first-order valence-corrected chi connectivity index (χ1v) is 5.89. The molecular formula is C12H23NO2. The minimum atomic E-state index is -0.759. The molecule has 1 aliphatic rings. The predicted molar refractivity (Wildman–Crippen MR) is 61.0 cm³/mol. The van der Waals surface area contributed by atoms with Crippen LogP contribution < -0.4 is 0 Å². The summed E-state index contributed by atoms with van der Waals surface area (Å²) in [6.45, 7) is 8.43. The molecular weight excluding hydrogens is 190 g/mol. The minimum Gasteiger partial charge on any atom is -0.465 e. The zero-order valence-corrected chi connectivity index (χ0v) is 10.3. The molecule has 15 heavy (non-hydrogen) atoms. The molecule has 1 N–H and O–H groups in total. The van der Waals surface area contributed by atoms with Crippen molar-refractivity contribution in [2.45, 2.75) is 65.0 Å². The van der Waals surface area contributed by atoms with Gasteiger partial charge in [0, 0.05) is 11.6 Å². The molecule has 2 atom stereocenters. The molecule has 0 aromatic carbocycles. The van der Waals surface area contributed by atoms with Gasteiger partial charge in [0.2, 0.25) is 0 Å². The summed E-state index contributed by atoms with van der Waals surface area (Å²) in [5.41, 5.74) is -0.155. The van der Waals surface area contributed by atoms with E-state index in [0.717, 1.165) is 25.7 Å². The van der Waals surface area contributed by atoms with E-state index < -0.39 is 6.09 Å². The Morgan fingerprint density at radius 1 is 1.60 bits per heavy atom. The monoisotopic (exact) mass is 213 g/mol. The molecule has 1 amide bonds. The molecule has 0 bridgehead atoms. The highest BCUT2D eigenvalue weighted by molar-refractivity contribution is 5.66. The van der Waals surface area contributed by atoms with Gasteiger partial charge in [-0.2, -0.15) is 0 Å². The number of carbonyl (C=O) groups is 1. The summed E-state index contributed by atoms with van der Waals surface area (Å²) in [6, 6.07) is 0.167. The summed E-state index contributed by atoms with van der Waals surface area (Å²) < 4.78 is 0. The number of hydrogen-bond acceptors (Lipinski definition) is 1. The lowest BCUT2D eigenvalue weighted by atomic mass is 9.80. The van der Waals surface area contributed by atoms with Crippen LogP contribution in [0.4, 0.5) is 4.79 Å². The van der Waals surface area contributed by atoms with E-state index in [1.165, 1.54) is 0 Å². The van der Waals surface area contributed by atoms with Gasteiger partial charge in [-0.3, -0.25) is 0 Å². The quantitative estimate of drug-likeness (QED) is 0.764. The second-order valence-corrected chi connectivity index (χ2v) is 5.49. The van der Waals surface area contributed by atoms with Crippen LogP contribution in [-0.2, 0) is 0 Å². The van der Waals surface area contributed by atoms with Gasteiger partial charge in [0.15, 0.2) is 0 Å². The van der Waals surface area contributed by atoms with Crippen molar-refractivity contribution in [1.82, 2.24) is 4.90 Å². The van der Waals surface area contributed by atoms with Crippen molar-refractivity contribution >= 4 is 6.09 Å². The summed E-state index contributed by atoms with van der Waals surface area (Å²) in [7, 11) is 0. The number of hydrogen-bond donors (Lipinski definition) is 1. The van der Waals surface area contributed by atoms with Gasteiger partial charge in [0.25, 0.3) is 0 Å². The van der Waals surface area contributed by atoms with Gasteiger partial charge in [0.1, 0.15) is 0 Å². The maximum atomic E-state index is 11.3. The van der Waals surface area contributed by atoms with Gasteiger partial charge in [0.05, 0.1) is 0 Å². The van der Waals surface area contributed by atoms with Crippen molar-refractivity contribution in [2.24, 2.45) is 5.92 Å². The van der Waals surface area contributed by atoms with Gasteiger partial charge in [-0.1, -0.05) is 13.8 Å². The number of amides is 1. The number of rotatable bonds is 2. The van der Waals surface area contributed by atoms with E-state index in [2.05, 4.69) is 20.8 Å². The molecule has 0 aromatic heterocycles. The highest BCUT2D eigenvalue weighted by atomic mass is 16.4. The molecule has 0 aromatic rings. The molecule has 3 nitrogen and oxygen atoms in total. The maximum absolute atomic E-state index is 11.3. The molecule has 0 saturated carbocycles. The molecule has 0 spiro atoms. The van der Waals surface area contributed by atoms with Crippen molar-refractivity contribution in [3.63, 3.8) is 0 Å². The summed E-state index contributed by atoms with van der Waals surface area (Å²) in [6.07, 6.45) is 3.35. The predicted octanol–water partition coefficient (Wildman–Crippen LogP) is 3.34. The third-order valence-corrected chi connectivity index (χ3v) is 3.41. The summed E-state index contributed by atoms with van der Waals surface area (Å²) >= 11 is 0. The van der Waals surface area contributed by atoms with Gasteiger partial charge in [-0.15, -0.1) is 0 Å². The average molecular weight is 213 g/mol. The van der Waals surface area contributed by atoms with Crippen molar-refractivity contribution in [1.29, 1.82) is 0 Å². The summed E-state index contributed by atoms with van der Waals surface area (Å²) in [5, 5.41) is 9.28. The van der Waals surface area contributed by atoms with E-state index in [4.69, 9.17) is 0 Å². The van der Waals surface area contributed by atoms with Crippen LogP contribution in [0.1, 0.15) is 53.4 Å². The third kappa shape index (κ3) is 2.64. The minimum absolute atomic E-state index is 0.155. The molecule has 88 valence electrons. The van der Waals surface area contributed by atoms with Crippen molar-refractivity contribution in [3.05, 3.63) is 0 Å². The lowest BCUT2D eigenvalue weighted by Gasteiger charge is -2.48. The van der Waals surface area contributed by atoms with Crippen LogP contribution in [0.2, 0.25) is 0 Å². The Bertz CT molecular complexity index is 240. The second-order valence-electron chi connectivity index (χ2n) is 5.49. The summed E-state index contributed by atoms with van der Waals surface area (Å²) in [5.74, 6) is 0.544. The van der Waals surface area contributed by atoms with Gasteiger partial charge in [-0.25, -0.2) is 4.79 Å². The van der Waals surface area contributed by atoms with Crippen LogP contribution in [0, 0.1) is 5.92 Å². The Kier molecular flexibility index (Phi) is 3.63. The smallest absolute Gasteiger partial charge is 0.407 e. The number of carboxylic acid groups (broad SMARTS) is 1. The molecule has 1 saturated heterocycles. The van der Waals surface area contributed by atoms with Crippen LogP contribution in [0.3, 0.4) is 0 Å². The Hall–Kier alpha value is -0.730. The van der Waals surface area contributed by atoms with Gasteiger partial charge in [-0.05, 0) is 45.4 Å². The molecule has 1 rings (SSSR count). The molecule has 2 unspecified atom stereocenters. The normalized spacial score (nSPS) is 32.1. The van der Waals surface area contributed by atoms with Crippen LogP contribution in [0.25, 0.3) is 0 Å². The van der Waals surface area contributed by atoms with Crippen molar-refractivity contribution in [2.75, 3.05) is 0 Å². The van der Waals surface area contributed by atoms with E-state index in [9.17, 15) is 9.90 Å². The Balaban J connectivity index is 2.86. The van der Waals surface area contributed by atoms with E-state index in [-0.39, 0.29) is 11.6 Å². The SMILES string of the molecule is CC(C)CC1(C)CCCC(C)N1C(=O)O.